The second-order valence-corrected chi connectivity index (χ2v) is 6.80. The van der Waals surface area contributed by atoms with Gasteiger partial charge < -0.3 is 10.4 Å². The maximum Gasteiger partial charge on any atom is 0.357 e. The molecule has 11 heteroatoms. The number of nitrogens with one attached hydrogen (secondary N) is 2. The number of halogens is 1. The molecule has 0 aliphatic heterocycles. The van der Waals surface area contributed by atoms with E-state index in [1.807, 2.05) is 4.72 Å². The van der Waals surface area contributed by atoms with Crippen LogP contribution >= 0.6 is 11.3 Å². The number of carboxylic acid groups (broad SMARTS) is 1. The monoisotopic (exact) mass is 359 g/mol. The van der Waals surface area contributed by atoms with Gasteiger partial charge in [-0.3, -0.25) is 9.52 Å². The van der Waals surface area contributed by atoms with Crippen molar-refractivity contribution >= 4 is 43.9 Å². The lowest BCUT2D eigenvalue weighted by Gasteiger charge is -2.09. The zero-order valence-electron chi connectivity index (χ0n) is 11.5. The summed E-state index contributed by atoms with van der Waals surface area (Å²) in [5.41, 5.74) is 0.552. The van der Waals surface area contributed by atoms with E-state index >= 15 is 0 Å². The van der Waals surface area contributed by atoms with Crippen LogP contribution < -0.4 is 10.0 Å². The number of aromatic nitrogens is 1. The minimum Gasteiger partial charge on any atom is -0.476 e. The molecule has 0 aliphatic carbocycles. The van der Waals surface area contributed by atoms with Gasteiger partial charge in [0, 0.05) is 6.92 Å². The lowest BCUT2D eigenvalue weighted by atomic mass is 10.3. The Kier molecular flexibility index (Phi) is 4.61. The number of rotatable bonds is 5. The molecule has 2 aromatic rings. The number of nitrogens with zero attached hydrogens (tertiary/aromatic N) is 1. The van der Waals surface area contributed by atoms with E-state index in [1.54, 1.807) is 0 Å². The number of aromatic carboxylic acids is 1. The summed E-state index contributed by atoms with van der Waals surface area (Å²) in [6, 6.07) is 2.89. The van der Waals surface area contributed by atoms with Crippen molar-refractivity contribution in [2.24, 2.45) is 0 Å². The molecule has 0 saturated heterocycles. The highest BCUT2D eigenvalue weighted by Crippen LogP contribution is 2.25. The van der Waals surface area contributed by atoms with Gasteiger partial charge in [0.05, 0.1) is 16.1 Å². The molecule has 0 fully saturated rings. The van der Waals surface area contributed by atoms with Crippen molar-refractivity contribution in [1.82, 2.24) is 4.98 Å². The van der Waals surface area contributed by atoms with Gasteiger partial charge in [-0.2, -0.15) is 0 Å². The molecule has 1 amide bonds. The Labute approximate surface area is 134 Å². The minimum atomic E-state index is -4.20. The average Bonchev–Trinajstić information content (AvgIpc) is 2.88. The van der Waals surface area contributed by atoms with Crippen molar-refractivity contribution in [3.8, 4) is 0 Å². The van der Waals surface area contributed by atoms with Crippen LogP contribution in [-0.4, -0.2) is 30.4 Å². The predicted octanol–water partition coefficient (Wildman–Crippen LogP) is 1.74. The fourth-order valence-electron chi connectivity index (χ4n) is 1.61. The van der Waals surface area contributed by atoms with E-state index in [4.69, 9.17) is 5.11 Å². The second kappa shape index (κ2) is 6.30. The summed E-state index contributed by atoms with van der Waals surface area (Å²) >= 11 is 0.782. The fraction of sp³-hybridized carbons (Fsp3) is 0.0833. The maximum absolute atomic E-state index is 13.8. The van der Waals surface area contributed by atoms with Crippen molar-refractivity contribution in [2.45, 2.75) is 11.8 Å². The van der Waals surface area contributed by atoms with Crippen molar-refractivity contribution < 1.29 is 27.5 Å². The largest absolute Gasteiger partial charge is 0.476 e. The number of benzene rings is 1. The van der Waals surface area contributed by atoms with Crippen molar-refractivity contribution in [3.05, 3.63) is 35.2 Å². The number of hydrogen-bond acceptors (Lipinski definition) is 6. The van der Waals surface area contributed by atoms with Gasteiger partial charge in [-0.1, -0.05) is 0 Å². The smallest absolute Gasteiger partial charge is 0.357 e. The first-order valence-corrected chi connectivity index (χ1v) is 8.33. The lowest BCUT2D eigenvalue weighted by molar-refractivity contribution is -0.114. The second-order valence-electron chi connectivity index (χ2n) is 4.26. The van der Waals surface area contributed by atoms with E-state index in [2.05, 4.69) is 10.3 Å². The molecule has 1 aromatic heterocycles. The summed E-state index contributed by atoms with van der Waals surface area (Å²) in [6.45, 7) is 1.18. The van der Waals surface area contributed by atoms with E-state index in [-0.39, 0.29) is 10.7 Å². The Morgan fingerprint density at radius 3 is 2.61 bits per heavy atom. The molecule has 3 N–H and O–H groups in total. The standard InChI is InChI=1S/C12H10FN3O5S2/c1-6(17)15-9-3-2-7(4-8(9)13)23(20,21)16-11-10(12(18)19)14-5-22-11/h2-5,16H,1H3,(H,15,17)(H,18,19). The van der Waals surface area contributed by atoms with Crippen LogP contribution in [0.15, 0.2) is 28.6 Å². The Balaban J connectivity index is 2.33. The van der Waals surface area contributed by atoms with E-state index in [0.29, 0.717) is 0 Å². The summed E-state index contributed by atoms with van der Waals surface area (Å²) in [5.74, 6) is -2.84. The van der Waals surface area contributed by atoms with Gasteiger partial charge in [0.15, 0.2) is 5.69 Å². The average molecular weight is 359 g/mol. The SMILES string of the molecule is CC(=O)Nc1ccc(S(=O)(=O)Nc2scnc2C(=O)O)cc1F. The van der Waals surface area contributed by atoms with Crippen LogP contribution in [0.2, 0.25) is 0 Å². The van der Waals surface area contributed by atoms with Crippen LogP contribution in [0.5, 0.6) is 0 Å². The highest BCUT2D eigenvalue weighted by molar-refractivity contribution is 7.93. The molecule has 0 atom stereocenters. The molecule has 1 heterocycles. The van der Waals surface area contributed by atoms with Crippen LogP contribution in [0, 0.1) is 5.82 Å². The van der Waals surface area contributed by atoms with Crippen molar-refractivity contribution in [2.75, 3.05) is 10.0 Å². The Hall–Kier alpha value is -2.53. The first-order valence-electron chi connectivity index (χ1n) is 5.97. The van der Waals surface area contributed by atoms with Gasteiger partial charge in [0.25, 0.3) is 10.0 Å². The van der Waals surface area contributed by atoms with E-state index in [1.165, 1.54) is 12.4 Å². The minimum absolute atomic E-state index is 0.166. The van der Waals surface area contributed by atoms with E-state index in [9.17, 15) is 22.4 Å². The van der Waals surface area contributed by atoms with Gasteiger partial charge in [-0.15, -0.1) is 11.3 Å². The zero-order valence-corrected chi connectivity index (χ0v) is 13.2. The summed E-state index contributed by atoms with van der Waals surface area (Å²) in [6.07, 6.45) is 0. The molecule has 2 rings (SSSR count). The first kappa shape index (κ1) is 16.8. The van der Waals surface area contributed by atoms with E-state index < -0.39 is 38.3 Å². The van der Waals surface area contributed by atoms with Crippen LogP contribution in [-0.2, 0) is 14.8 Å². The fourth-order valence-corrected chi connectivity index (χ4v) is 3.61. The number of carbonyl (C=O) groups excluding carboxylic acids is 1. The van der Waals surface area contributed by atoms with Gasteiger partial charge in [0.2, 0.25) is 5.91 Å². The molecular weight excluding hydrogens is 349 g/mol. The molecule has 23 heavy (non-hydrogen) atoms. The number of thiazole rings is 1. The van der Waals surface area contributed by atoms with Gasteiger partial charge in [-0.05, 0) is 18.2 Å². The maximum atomic E-state index is 13.8. The predicted molar refractivity (Wildman–Crippen MR) is 80.6 cm³/mol. The number of anilines is 2. The molecule has 122 valence electrons. The van der Waals surface area contributed by atoms with Gasteiger partial charge in [0.1, 0.15) is 10.8 Å². The Morgan fingerprint density at radius 1 is 1.35 bits per heavy atom. The van der Waals surface area contributed by atoms with Crippen LogP contribution in [0.4, 0.5) is 15.1 Å². The quantitative estimate of drug-likeness (QED) is 0.747. The summed E-state index contributed by atoms with van der Waals surface area (Å²) in [7, 11) is -4.20. The molecule has 0 aliphatic rings. The first-order chi connectivity index (χ1) is 10.7. The molecule has 0 unspecified atom stereocenters. The molecule has 0 saturated carbocycles. The van der Waals surface area contributed by atoms with Crippen molar-refractivity contribution in [3.63, 3.8) is 0 Å². The summed E-state index contributed by atoms with van der Waals surface area (Å²) < 4.78 is 40.2. The Morgan fingerprint density at radius 2 is 2.04 bits per heavy atom. The lowest BCUT2D eigenvalue weighted by Crippen LogP contribution is -2.15. The molecule has 0 spiro atoms. The van der Waals surface area contributed by atoms with Gasteiger partial charge >= 0.3 is 5.97 Å². The third-order valence-corrected chi connectivity index (χ3v) is 4.78. The number of amides is 1. The molecule has 8 nitrogen and oxygen atoms in total. The summed E-state index contributed by atoms with van der Waals surface area (Å²) in [4.78, 5) is 24.9. The third-order valence-electron chi connectivity index (χ3n) is 2.56. The molecular formula is C12H10FN3O5S2. The molecule has 1 aromatic carbocycles. The Bertz CT molecular complexity index is 879. The topological polar surface area (TPSA) is 125 Å². The van der Waals surface area contributed by atoms with E-state index in [0.717, 1.165) is 29.5 Å². The van der Waals surface area contributed by atoms with Crippen LogP contribution in [0.25, 0.3) is 0 Å². The number of sulfonamides is 1. The molecule has 0 bridgehead atoms. The zero-order chi connectivity index (χ0) is 17.2. The highest BCUT2D eigenvalue weighted by Gasteiger charge is 2.22. The highest BCUT2D eigenvalue weighted by atomic mass is 32.2. The third kappa shape index (κ3) is 3.81. The van der Waals surface area contributed by atoms with Crippen LogP contribution in [0.3, 0.4) is 0 Å². The number of carboxylic acids is 1. The van der Waals surface area contributed by atoms with Crippen LogP contribution in [0.1, 0.15) is 17.4 Å². The van der Waals surface area contributed by atoms with Gasteiger partial charge in [-0.25, -0.2) is 22.6 Å². The normalized spacial score (nSPS) is 11.0. The number of carbonyl (C=O) groups is 2. The molecule has 0 radical (unpaired) electrons. The number of hydrogen-bond donors (Lipinski definition) is 3. The summed E-state index contributed by atoms with van der Waals surface area (Å²) in [5, 5.41) is 10.9. The van der Waals surface area contributed by atoms with Crippen molar-refractivity contribution in [1.29, 1.82) is 0 Å².